The number of aryl methyl sites for hydroxylation is 1. The number of nitrogens with one attached hydrogen (secondary N) is 3. The summed E-state index contributed by atoms with van der Waals surface area (Å²) < 4.78 is 5.07. The number of nitrogens with zero attached hydrogens (tertiary/aromatic N) is 2. The van der Waals surface area contributed by atoms with E-state index in [0.717, 1.165) is 0 Å². The highest BCUT2D eigenvalue weighted by atomic mass is 16.5. The average molecular weight is 321 g/mol. The molecule has 124 valence electrons. The van der Waals surface area contributed by atoms with E-state index in [4.69, 9.17) is 4.52 Å². The van der Waals surface area contributed by atoms with Crippen molar-refractivity contribution >= 4 is 5.91 Å². The van der Waals surface area contributed by atoms with Gasteiger partial charge in [0.2, 0.25) is 11.8 Å². The quantitative estimate of drug-likeness (QED) is 0.673. The Labute approximate surface area is 131 Å². The highest BCUT2D eigenvalue weighted by Crippen LogP contribution is 2.09. The van der Waals surface area contributed by atoms with Gasteiger partial charge in [-0.25, -0.2) is 4.79 Å². The lowest BCUT2D eigenvalue weighted by molar-refractivity contribution is -0.120. The number of H-pyrrole nitrogens is 2. The third-order valence-electron chi connectivity index (χ3n) is 3.25. The smallest absolute Gasteiger partial charge is 0.325 e. The van der Waals surface area contributed by atoms with Crippen LogP contribution in [-0.2, 0) is 17.6 Å². The zero-order valence-corrected chi connectivity index (χ0v) is 13.2. The molecule has 2 rings (SSSR count). The lowest BCUT2D eigenvalue weighted by Crippen LogP contribution is -2.33. The molecule has 0 unspecified atom stereocenters. The second kappa shape index (κ2) is 7.03. The van der Waals surface area contributed by atoms with Gasteiger partial charge in [0, 0.05) is 30.1 Å². The summed E-state index contributed by atoms with van der Waals surface area (Å²) in [6.07, 6.45) is 0.297. The van der Waals surface area contributed by atoms with Crippen molar-refractivity contribution in [2.75, 3.05) is 6.54 Å². The molecule has 0 atom stereocenters. The van der Waals surface area contributed by atoms with E-state index in [9.17, 15) is 14.4 Å². The van der Waals surface area contributed by atoms with Crippen molar-refractivity contribution in [1.29, 1.82) is 0 Å². The van der Waals surface area contributed by atoms with Gasteiger partial charge in [-0.15, -0.1) is 0 Å². The minimum atomic E-state index is -0.589. The van der Waals surface area contributed by atoms with Crippen molar-refractivity contribution in [3.05, 3.63) is 43.8 Å². The molecular weight excluding hydrogens is 302 g/mol. The lowest BCUT2D eigenvalue weighted by Gasteiger charge is -2.05. The van der Waals surface area contributed by atoms with Crippen molar-refractivity contribution < 1.29 is 9.32 Å². The molecule has 0 radical (unpaired) electrons. The normalized spacial score (nSPS) is 11.0. The Hall–Kier alpha value is -2.71. The van der Waals surface area contributed by atoms with Crippen molar-refractivity contribution in [2.24, 2.45) is 0 Å². The highest BCUT2D eigenvalue weighted by Gasteiger charge is 2.12. The predicted molar refractivity (Wildman–Crippen MR) is 81.2 cm³/mol. The number of amides is 1. The average Bonchev–Trinajstić information content (AvgIpc) is 2.92. The molecule has 3 N–H and O–H groups in total. The van der Waals surface area contributed by atoms with Gasteiger partial charge in [0.1, 0.15) is 0 Å². The molecule has 0 saturated heterocycles. The molecule has 2 aromatic heterocycles. The Morgan fingerprint density at radius 3 is 2.65 bits per heavy atom. The van der Waals surface area contributed by atoms with Crippen LogP contribution in [0.3, 0.4) is 0 Å². The molecule has 0 aliphatic rings. The van der Waals surface area contributed by atoms with Crippen molar-refractivity contribution in [1.82, 2.24) is 25.4 Å². The van der Waals surface area contributed by atoms with Gasteiger partial charge >= 0.3 is 5.69 Å². The van der Waals surface area contributed by atoms with Gasteiger partial charge < -0.3 is 14.8 Å². The summed E-state index contributed by atoms with van der Waals surface area (Å²) in [4.78, 5) is 43.4. The molecule has 0 bridgehead atoms. The zero-order valence-electron chi connectivity index (χ0n) is 13.2. The fourth-order valence-electron chi connectivity index (χ4n) is 1.97. The van der Waals surface area contributed by atoms with Crippen molar-refractivity contribution in [2.45, 2.75) is 39.5 Å². The first kappa shape index (κ1) is 16.7. The van der Waals surface area contributed by atoms with E-state index in [1.807, 2.05) is 13.8 Å². The number of hydrogen-bond acceptors (Lipinski definition) is 6. The molecular formula is C14H19N5O4. The summed E-state index contributed by atoms with van der Waals surface area (Å²) >= 11 is 0. The Kier molecular flexibility index (Phi) is 5.09. The van der Waals surface area contributed by atoms with Gasteiger partial charge in [-0.1, -0.05) is 19.0 Å². The number of carbonyl (C=O) groups excluding carboxylic acids is 1. The number of carbonyl (C=O) groups is 1. The molecule has 0 aliphatic carbocycles. The van der Waals surface area contributed by atoms with Crippen molar-refractivity contribution in [3.8, 4) is 0 Å². The standard InChI is InChI=1S/C14H19N5O4/c1-7(2)12-17-11(23-19-12)4-5-15-10(20)6-9-8(3)16-14(22)18-13(9)21/h7H,4-6H2,1-3H3,(H,15,20)(H2,16,18,21,22). The third kappa shape index (κ3) is 4.38. The minimum absolute atomic E-state index is 0.112. The maximum absolute atomic E-state index is 11.9. The summed E-state index contributed by atoms with van der Waals surface area (Å²) in [6, 6.07) is 0. The second-order valence-corrected chi connectivity index (χ2v) is 5.49. The monoisotopic (exact) mass is 321 g/mol. The largest absolute Gasteiger partial charge is 0.355 e. The first-order valence-electron chi connectivity index (χ1n) is 7.28. The number of rotatable bonds is 6. The van der Waals surface area contributed by atoms with Crippen LogP contribution in [0, 0.1) is 6.92 Å². The Bertz CT molecular complexity index is 802. The summed E-state index contributed by atoms with van der Waals surface area (Å²) in [5, 5.41) is 6.51. The first-order chi connectivity index (χ1) is 10.9. The highest BCUT2D eigenvalue weighted by molar-refractivity contribution is 5.78. The van der Waals surface area contributed by atoms with E-state index in [-0.39, 0.29) is 23.8 Å². The third-order valence-corrected chi connectivity index (χ3v) is 3.25. The molecule has 0 fully saturated rings. The predicted octanol–water partition coefficient (Wildman–Crippen LogP) is -0.221. The summed E-state index contributed by atoms with van der Waals surface area (Å²) in [6.45, 7) is 5.81. The number of aromatic amines is 2. The van der Waals surface area contributed by atoms with Crippen LogP contribution < -0.4 is 16.6 Å². The van der Waals surface area contributed by atoms with Crippen LogP contribution in [0.15, 0.2) is 14.1 Å². The van der Waals surface area contributed by atoms with E-state index in [0.29, 0.717) is 30.4 Å². The Morgan fingerprint density at radius 2 is 2.04 bits per heavy atom. The van der Waals surface area contributed by atoms with Gasteiger partial charge in [-0.3, -0.25) is 14.6 Å². The molecule has 23 heavy (non-hydrogen) atoms. The molecule has 0 aromatic carbocycles. The molecule has 1 amide bonds. The van der Waals surface area contributed by atoms with Crippen LogP contribution in [0.2, 0.25) is 0 Å². The minimum Gasteiger partial charge on any atom is -0.355 e. The SMILES string of the molecule is Cc1[nH]c(=O)[nH]c(=O)c1CC(=O)NCCc1nc(C(C)C)no1. The molecule has 0 aliphatic heterocycles. The molecule has 0 saturated carbocycles. The molecule has 9 nitrogen and oxygen atoms in total. The fraction of sp³-hybridized carbons (Fsp3) is 0.500. The zero-order chi connectivity index (χ0) is 17.0. The molecule has 2 aromatic rings. The number of hydrogen-bond donors (Lipinski definition) is 3. The summed E-state index contributed by atoms with van der Waals surface area (Å²) in [5.41, 5.74) is -0.525. The van der Waals surface area contributed by atoms with E-state index in [1.54, 1.807) is 6.92 Å². The topological polar surface area (TPSA) is 134 Å². The second-order valence-electron chi connectivity index (χ2n) is 5.49. The molecule has 9 heteroatoms. The van der Waals surface area contributed by atoms with E-state index in [2.05, 4.69) is 25.4 Å². The van der Waals surface area contributed by atoms with Gasteiger partial charge in [-0.2, -0.15) is 4.98 Å². The Balaban J connectivity index is 1.88. The molecule has 2 heterocycles. The molecule has 0 spiro atoms. The summed E-state index contributed by atoms with van der Waals surface area (Å²) in [5.74, 6) is 0.931. The van der Waals surface area contributed by atoms with Crippen LogP contribution in [0.1, 0.15) is 42.7 Å². The van der Waals surface area contributed by atoms with Crippen molar-refractivity contribution in [3.63, 3.8) is 0 Å². The van der Waals surface area contributed by atoms with Gasteiger partial charge in [0.05, 0.1) is 6.42 Å². The first-order valence-corrected chi connectivity index (χ1v) is 7.28. The van der Waals surface area contributed by atoms with E-state index in [1.165, 1.54) is 0 Å². The van der Waals surface area contributed by atoms with E-state index >= 15 is 0 Å². The van der Waals surface area contributed by atoms with Crippen LogP contribution in [0.25, 0.3) is 0 Å². The lowest BCUT2D eigenvalue weighted by atomic mass is 10.1. The maximum atomic E-state index is 11.9. The van der Waals surface area contributed by atoms with Crippen LogP contribution in [-0.4, -0.2) is 32.6 Å². The number of aromatic nitrogens is 4. The van der Waals surface area contributed by atoms with Gasteiger partial charge in [0.15, 0.2) is 5.82 Å². The van der Waals surface area contributed by atoms with Gasteiger partial charge in [0.25, 0.3) is 5.56 Å². The Morgan fingerprint density at radius 1 is 1.30 bits per heavy atom. The van der Waals surface area contributed by atoms with E-state index < -0.39 is 11.2 Å². The maximum Gasteiger partial charge on any atom is 0.325 e. The van der Waals surface area contributed by atoms with Crippen LogP contribution in [0.5, 0.6) is 0 Å². The van der Waals surface area contributed by atoms with Crippen LogP contribution >= 0.6 is 0 Å². The van der Waals surface area contributed by atoms with Crippen LogP contribution in [0.4, 0.5) is 0 Å². The fourth-order valence-corrected chi connectivity index (χ4v) is 1.97. The van der Waals surface area contributed by atoms with Gasteiger partial charge in [-0.05, 0) is 6.92 Å². The summed E-state index contributed by atoms with van der Waals surface area (Å²) in [7, 11) is 0.